The number of hydrogen-bond donors (Lipinski definition) is 2. The quantitative estimate of drug-likeness (QED) is 0.422. The summed E-state index contributed by atoms with van der Waals surface area (Å²) in [5.74, 6) is -0.506. The second kappa shape index (κ2) is 3.57. The van der Waals surface area contributed by atoms with Crippen molar-refractivity contribution in [3.63, 3.8) is 0 Å². The number of carbonyl (C=O) groups is 1. The van der Waals surface area contributed by atoms with Crippen LogP contribution in [0.25, 0.3) is 0 Å². The molecule has 5 heteroatoms. The van der Waals surface area contributed by atoms with Gasteiger partial charge in [-0.1, -0.05) is 20.8 Å². The van der Waals surface area contributed by atoms with Gasteiger partial charge in [0.1, 0.15) is 0 Å². The molecule has 76 valence electrons. The van der Waals surface area contributed by atoms with Crippen molar-refractivity contribution in [2.24, 2.45) is 5.41 Å². The van der Waals surface area contributed by atoms with Crippen LogP contribution >= 0.6 is 12.6 Å². The molecule has 0 amide bonds. The van der Waals surface area contributed by atoms with Gasteiger partial charge < -0.3 is 5.11 Å². The molecule has 0 radical (unpaired) electrons. The van der Waals surface area contributed by atoms with Crippen LogP contribution in [0.15, 0.2) is 11.4 Å². The zero-order valence-electron chi connectivity index (χ0n) is 8.27. The van der Waals surface area contributed by atoms with Crippen LogP contribution in [-0.4, -0.2) is 20.9 Å². The zero-order valence-corrected chi connectivity index (χ0v) is 9.17. The molecule has 14 heavy (non-hydrogen) atoms. The van der Waals surface area contributed by atoms with E-state index in [0.717, 1.165) is 0 Å². The third-order valence-electron chi connectivity index (χ3n) is 1.68. The van der Waals surface area contributed by atoms with Crippen molar-refractivity contribution >= 4 is 18.4 Å². The Kier molecular flexibility index (Phi) is 2.80. The second-order valence-electron chi connectivity index (χ2n) is 3.99. The van der Waals surface area contributed by atoms with E-state index < -0.39 is 5.41 Å². The van der Waals surface area contributed by atoms with Crippen LogP contribution in [0, 0.1) is 5.41 Å². The van der Waals surface area contributed by atoms with Gasteiger partial charge in [-0.15, -0.1) is 12.6 Å². The number of carbonyl (C=O) groups excluding carboxylic acids is 1. The number of aromatic hydroxyl groups is 1. The summed E-state index contributed by atoms with van der Waals surface area (Å²) in [5, 5.41) is 9.55. The second-order valence-corrected chi connectivity index (χ2v) is 4.39. The van der Waals surface area contributed by atoms with E-state index in [0.29, 0.717) is 0 Å². The lowest BCUT2D eigenvalue weighted by Crippen LogP contribution is -2.20. The lowest BCUT2D eigenvalue weighted by molar-refractivity contribution is 0.0854. The SMILES string of the molecule is CC(C)(C)C(=O)c1cnc(S)nc1O. The Hall–Kier alpha value is -1.10. The van der Waals surface area contributed by atoms with E-state index in [1.165, 1.54) is 6.20 Å². The molecule has 4 nitrogen and oxygen atoms in total. The van der Waals surface area contributed by atoms with Gasteiger partial charge in [0.2, 0.25) is 5.88 Å². The first-order chi connectivity index (χ1) is 6.32. The van der Waals surface area contributed by atoms with Crippen LogP contribution in [0.1, 0.15) is 31.1 Å². The van der Waals surface area contributed by atoms with Gasteiger partial charge in [0, 0.05) is 11.6 Å². The number of hydrogen-bond acceptors (Lipinski definition) is 5. The van der Waals surface area contributed by atoms with Crippen LogP contribution < -0.4 is 0 Å². The van der Waals surface area contributed by atoms with Gasteiger partial charge in [0.05, 0.1) is 5.56 Å². The Bertz CT molecular complexity index is 372. The van der Waals surface area contributed by atoms with Gasteiger partial charge in [0.15, 0.2) is 10.9 Å². The Labute approximate surface area is 87.8 Å². The predicted octanol–water partition coefficient (Wildman–Crippen LogP) is 1.70. The van der Waals surface area contributed by atoms with E-state index in [-0.39, 0.29) is 22.4 Å². The molecule has 0 aliphatic rings. The maximum atomic E-state index is 11.7. The number of thiol groups is 1. The molecule has 0 fully saturated rings. The van der Waals surface area contributed by atoms with Crippen molar-refractivity contribution in [1.29, 1.82) is 0 Å². The zero-order chi connectivity index (χ0) is 10.9. The first-order valence-electron chi connectivity index (χ1n) is 4.12. The van der Waals surface area contributed by atoms with Crippen LogP contribution in [0.5, 0.6) is 5.88 Å². The van der Waals surface area contributed by atoms with Gasteiger partial charge in [0.25, 0.3) is 0 Å². The molecule has 0 atom stereocenters. The molecule has 1 N–H and O–H groups in total. The molecule has 1 heterocycles. The van der Waals surface area contributed by atoms with E-state index in [2.05, 4.69) is 22.6 Å². The molecule has 1 aromatic rings. The predicted molar refractivity (Wildman–Crippen MR) is 54.7 cm³/mol. The van der Waals surface area contributed by atoms with E-state index in [4.69, 9.17) is 0 Å². The van der Waals surface area contributed by atoms with Crippen LogP contribution in [0.2, 0.25) is 0 Å². The summed E-state index contributed by atoms with van der Waals surface area (Å²) < 4.78 is 0. The molecule has 0 unspecified atom stereocenters. The summed E-state index contributed by atoms with van der Waals surface area (Å²) in [6, 6.07) is 0. The smallest absolute Gasteiger partial charge is 0.226 e. The fraction of sp³-hybridized carbons (Fsp3) is 0.444. The van der Waals surface area contributed by atoms with E-state index in [1.807, 2.05) is 0 Å². The van der Waals surface area contributed by atoms with Crippen molar-refractivity contribution in [3.05, 3.63) is 11.8 Å². The highest BCUT2D eigenvalue weighted by atomic mass is 32.1. The maximum Gasteiger partial charge on any atom is 0.226 e. The van der Waals surface area contributed by atoms with Gasteiger partial charge in [-0.25, -0.2) is 4.98 Å². The minimum atomic E-state index is -0.557. The molecule has 0 bridgehead atoms. The average molecular weight is 212 g/mol. The lowest BCUT2D eigenvalue weighted by atomic mass is 9.87. The number of aromatic nitrogens is 2. The van der Waals surface area contributed by atoms with E-state index in [9.17, 15) is 9.90 Å². The van der Waals surface area contributed by atoms with Crippen molar-refractivity contribution < 1.29 is 9.90 Å². The topological polar surface area (TPSA) is 63.1 Å². The molecule has 0 spiro atoms. The first kappa shape index (κ1) is 11.0. The average Bonchev–Trinajstić information content (AvgIpc) is 2.01. The molecular formula is C9H12N2O2S. The highest BCUT2D eigenvalue weighted by Gasteiger charge is 2.26. The highest BCUT2D eigenvalue weighted by Crippen LogP contribution is 2.25. The normalized spacial score (nSPS) is 11.4. The Morgan fingerprint density at radius 2 is 2.07 bits per heavy atom. The van der Waals surface area contributed by atoms with Gasteiger partial charge in [-0.3, -0.25) is 4.79 Å². The summed E-state index contributed by atoms with van der Waals surface area (Å²) in [6.07, 6.45) is 1.29. The van der Waals surface area contributed by atoms with Crippen LogP contribution in [-0.2, 0) is 0 Å². The molecular weight excluding hydrogens is 200 g/mol. The highest BCUT2D eigenvalue weighted by molar-refractivity contribution is 7.80. The van der Waals surface area contributed by atoms with E-state index >= 15 is 0 Å². The minimum Gasteiger partial charge on any atom is -0.493 e. The number of ketones is 1. The molecule has 0 aliphatic heterocycles. The minimum absolute atomic E-state index is 0.135. The van der Waals surface area contributed by atoms with Gasteiger partial charge in [-0.2, -0.15) is 4.98 Å². The van der Waals surface area contributed by atoms with Crippen molar-refractivity contribution in [1.82, 2.24) is 9.97 Å². The Morgan fingerprint density at radius 1 is 1.50 bits per heavy atom. The summed E-state index contributed by atoms with van der Waals surface area (Å²) in [6.45, 7) is 5.30. The Balaban J connectivity index is 3.15. The third-order valence-corrected chi connectivity index (χ3v) is 1.90. The largest absolute Gasteiger partial charge is 0.493 e. The van der Waals surface area contributed by atoms with E-state index in [1.54, 1.807) is 20.8 Å². The number of Topliss-reactive ketones (excluding diaryl/α,β-unsaturated/α-hetero) is 1. The third kappa shape index (κ3) is 2.23. The standard InChI is InChI=1S/C9H12N2O2S/c1-9(2,3)6(12)5-4-10-8(14)11-7(5)13/h4H,1-3H3,(H2,10,11,13,14). The summed E-state index contributed by atoms with van der Waals surface area (Å²) >= 11 is 3.85. The monoisotopic (exact) mass is 212 g/mol. The molecule has 1 aromatic heterocycles. The maximum absolute atomic E-state index is 11.7. The van der Waals surface area contributed by atoms with Crippen molar-refractivity contribution in [2.75, 3.05) is 0 Å². The van der Waals surface area contributed by atoms with Gasteiger partial charge in [-0.05, 0) is 0 Å². The van der Waals surface area contributed by atoms with Crippen LogP contribution in [0.4, 0.5) is 0 Å². The summed E-state index contributed by atoms with van der Waals surface area (Å²) in [7, 11) is 0. The molecule has 0 aliphatic carbocycles. The number of rotatable bonds is 1. The fourth-order valence-electron chi connectivity index (χ4n) is 0.928. The molecule has 0 aromatic carbocycles. The van der Waals surface area contributed by atoms with Crippen molar-refractivity contribution in [3.8, 4) is 5.88 Å². The summed E-state index contributed by atoms with van der Waals surface area (Å²) in [4.78, 5) is 19.1. The first-order valence-corrected chi connectivity index (χ1v) is 4.57. The molecule has 0 saturated heterocycles. The van der Waals surface area contributed by atoms with Crippen LogP contribution in [0.3, 0.4) is 0 Å². The fourth-order valence-corrected chi connectivity index (χ4v) is 1.08. The summed E-state index contributed by atoms with van der Waals surface area (Å²) in [5.41, 5.74) is -0.422. The molecule has 1 rings (SSSR count). The Morgan fingerprint density at radius 3 is 2.50 bits per heavy atom. The molecule has 0 saturated carbocycles. The number of nitrogens with zero attached hydrogens (tertiary/aromatic N) is 2. The van der Waals surface area contributed by atoms with Crippen molar-refractivity contribution in [2.45, 2.75) is 25.9 Å². The lowest BCUT2D eigenvalue weighted by Gasteiger charge is -2.16. The van der Waals surface area contributed by atoms with Gasteiger partial charge >= 0.3 is 0 Å².